The third-order valence-electron chi connectivity index (χ3n) is 2.61. The number of benzene rings is 1. The first-order valence-corrected chi connectivity index (χ1v) is 6.49. The predicted molar refractivity (Wildman–Crippen MR) is 81.1 cm³/mol. The maximum absolute atomic E-state index is 11.9. The van der Waals surface area contributed by atoms with Crippen molar-refractivity contribution in [3.8, 4) is 6.07 Å². The van der Waals surface area contributed by atoms with E-state index in [4.69, 9.17) is 5.26 Å². The molecule has 0 bridgehead atoms. The molecule has 1 aromatic carbocycles. The monoisotopic (exact) mass is 271 g/mol. The Bertz CT molecular complexity index is 574. The lowest BCUT2D eigenvalue weighted by atomic mass is 10.1. The van der Waals surface area contributed by atoms with Crippen LogP contribution in [0.2, 0.25) is 0 Å². The fourth-order valence-electron chi connectivity index (χ4n) is 1.68. The van der Waals surface area contributed by atoms with E-state index in [9.17, 15) is 4.79 Å². The second kappa shape index (κ2) is 6.25. The number of hydrogen-bond donors (Lipinski definition) is 2. The zero-order valence-corrected chi connectivity index (χ0v) is 12.7. The van der Waals surface area contributed by atoms with Crippen molar-refractivity contribution in [1.82, 2.24) is 5.32 Å². The van der Waals surface area contributed by atoms with Crippen LogP contribution in [-0.2, 0) is 4.79 Å². The summed E-state index contributed by atoms with van der Waals surface area (Å²) in [5.74, 6) is -0.378. The van der Waals surface area contributed by atoms with Crippen LogP contribution in [0.1, 0.15) is 31.9 Å². The summed E-state index contributed by atoms with van der Waals surface area (Å²) in [6.45, 7) is 9.61. The highest BCUT2D eigenvalue weighted by Crippen LogP contribution is 2.16. The molecular formula is C16H21N3O. The molecule has 0 heterocycles. The van der Waals surface area contributed by atoms with Crippen molar-refractivity contribution in [1.29, 1.82) is 5.26 Å². The summed E-state index contributed by atoms with van der Waals surface area (Å²) in [4.78, 5) is 11.9. The summed E-state index contributed by atoms with van der Waals surface area (Å²) < 4.78 is 0. The van der Waals surface area contributed by atoms with Gasteiger partial charge >= 0.3 is 0 Å². The van der Waals surface area contributed by atoms with Gasteiger partial charge in [-0.25, -0.2) is 0 Å². The molecule has 106 valence electrons. The van der Waals surface area contributed by atoms with Crippen LogP contribution in [0.4, 0.5) is 5.69 Å². The number of nitrogens with zero attached hydrogens (tertiary/aromatic N) is 1. The van der Waals surface area contributed by atoms with Gasteiger partial charge < -0.3 is 10.6 Å². The van der Waals surface area contributed by atoms with Gasteiger partial charge in [0.1, 0.15) is 11.6 Å². The molecule has 0 saturated carbocycles. The molecule has 0 saturated heterocycles. The highest BCUT2D eigenvalue weighted by molar-refractivity contribution is 5.97. The van der Waals surface area contributed by atoms with Crippen molar-refractivity contribution in [2.75, 3.05) is 5.32 Å². The maximum Gasteiger partial charge on any atom is 0.263 e. The molecule has 4 nitrogen and oxygen atoms in total. The van der Waals surface area contributed by atoms with E-state index >= 15 is 0 Å². The Labute approximate surface area is 120 Å². The average molecular weight is 271 g/mol. The van der Waals surface area contributed by atoms with E-state index < -0.39 is 0 Å². The summed E-state index contributed by atoms with van der Waals surface area (Å²) >= 11 is 0. The lowest BCUT2D eigenvalue weighted by molar-refractivity contribution is -0.118. The predicted octanol–water partition coefficient (Wildman–Crippen LogP) is 3.04. The van der Waals surface area contributed by atoms with Crippen LogP contribution in [0.5, 0.6) is 0 Å². The molecule has 0 aliphatic rings. The zero-order valence-electron chi connectivity index (χ0n) is 12.7. The van der Waals surface area contributed by atoms with Crippen LogP contribution in [0.15, 0.2) is 30.0 Å². The third-order valence-corrected chi connectivity index (χ3v) is 2.61. The number of carbonyl (C=O) groups is 1. The van der Waals surface area contributed by atoms with Gasteiger partial charge in [0.2, 0.25) is 0 Å². The summed E-state index contributed by atoms with van der Waals surface area (Å²) in [6.07, 6.45) is 1.44. The number of amides is 1. The number of nitrogens with one attached hydrogen (secondary N) is 2. The fraction of sp³-hybridized carbons (Fsp3) is 0.375. The lowest BCUT2D eigenvalue weighted by Crippen LogP contribution is -2.41. The Kier molecular flexibility index (Phi) is 4.93. The van der Waals surface area contributed by atoms with Gasteiger partial charge in [0, 0.05) is 17.4 Å². The van der Waals surface area contributed by atoms with Crippen molar-refractivity contribution in [2.24, 2.45) is 0 Å². The van der Waals surface area contributed by atoms with Crippen LogP contribution in [0.25, 0.3) is 0 Å². The average Bonchev–Trinajstić information content (AvgIpc) is 2.30. The Morgan fingerprint density at radius 1 is 1.30 bits per heavy atom. The number of nitriles is 1. The summed E-state index contributed by atoms with van der Waals surface area (Å²) in [7, 11) is 0. The van der Waals surface area contributed by atoms with Gasteiger partial charge in [-0.05, 0) is 46.2 Å². The van der Waals surface area contributed by atoms with E-state index in [0.717, 1.165) is 11.3 Å². The largest absolute Gasteiger partial charge is 0.360 e. The topological polar surface area (TPSA) is 64.9 Å². The van der Waals surface area contributed by atoms with E-state index in [1.54, 1.807) is 0 Å². The highest BCUT2D eigenvalue weighted by atomic mass is 16.1. The number of rotatable bonds is 3. The van der Waals surface area contributed by atoms with Crippen LogP contribution in [-0.4, -0.2) is 11.4 Å². The Hall–Kier alpha value is -2.28. The number of anilines is 1. The van der Waals surface area contributed by atoms with Crippen LogP contribution < -0.4 is 10.6 Å². The van der Waals surface area contributed by atoms with Crippen molar-refractivity contribution in [3.63, 3.8) is 0 Å². The highest BCUT2D eigenvalue weighted by Gasteiger charge is 2.17. The molecule has 0 fully saturated rings. The molecule has 0 spiro atoms. The summed E-state index contributed by atoms with van der Waals surface area (Å²) in [5, 5.41) is 14.8. The number of hydrogen-bond acceptors (Lipinski definition) is 3. The fourth-order valence-corrected chi connectivity index (χ4v) is 1.68. The van der Waals surface area contributed by atoms with Crippen molar-refractivity contribution in [2.45, 2.75) is 40.2 Å². The Balaban J connectivity index is 2.86. The van der Waals surface area contributed by atoms with E-state index in [-0.39, 0.29) is 17.0 Å². The van der Waals surface area contributed by atoms with E-state index in [2.05, 4.69) is 10.6 Å². The first-order chi connectivity index (χ1) is 9.23. The first-order valence-electron chi connectivity index (χ1n) is 6.49. The van der Waals surface area contributed by atoms with Gasteiger partial charge in [-0.2, -0.15) is 5.26 Å². The molecule has 1 amide bonds. The molecule has 0 radical (unpaired) electrons. The van der Waals surface area contributed by atoms with Gasteiger partial charge in [0.25, 0.3) is 5.91 Å². The summed E-state index contributed by atoms with van der Waals surface area (Å²) in [6, 6.07) is 7.86. The van der Waals surface area contributed by atoms with Crippen molar-refractivity contribution < 1.29 is 4.79 Å². The standard InChI is InChI=1S/C16H21N3O/c1-11-6-7-14(12(2)8-11)18-10-13(9-17)15(20)19-16(3,4)5/h6-8,10,18H,1-5H3,(H,19,20)/b13-10-. The molecule has 0 aliphatic heterocycles. The quantitative estimate of drug-likeness (QED) is 0.656. The normalized spacial score (nSPS) is 11.7. The zero-order chi connectivity index (χ0) is 15.3. The SMILES string of the molecule is Cc1ccc(N/C=C(/C#N)C(=O)NC(C)(C)C)c(C)c1. The van der Waals surface area contributed by atoms with E-state index in [1.807, 2.05) is 58.9 Å². The smallest absolute Gasteiger partial charge is 0.263 e. The molecule has 0 unspecified atom stereocenters. The molecule has 1 rings (SSSR count). The van der Waals surface area contributed by atoms with Gasteiger partial charge in [-0.15, -0.1) is 0 Å². The molecule has 0 aromatic heterocycles. The minimum Gasteiger partial charge on any atom is -0.360 e. The van der Waals surface area contributed by atoms with Crippen LogP contribution in [0.3, 0.4) is 0 Å². The summed E-state index contributed by atoms with van der Waals surface area (Å²) in [5.41, 5.74) is 2.80. The van der Waals surface area contributed by atoms with E-state index in [0.29, 0.717) is 0 Å². The molecule has 1 aromatic rings. The second-order valence-corrected chi connectivity index (χ2v) is 5.84. The lowest BCUT2D eigenvalue weighted by Gasteiger charge is -2.20. The van der Waals surface area contributed by atoms with Crippen LogP contribution >= 0.6 is 0 Å². The molecule has 20 heavy (non-hydrogen) atoms. The van der Waals surface area contributed by atoms with Gasteiger partial charge in [0.05, 0.1) is 0 Å². The second-order valence-electron chi connectivity index (χ2n) is 5.84. The number of aryl methyl sites for hydroxylation is 2. The van der Waals surface area contributed by atoms with Crippen molar-refractivity contribution >= 4 is 11.6 Å². The third kappa shape index (κ3) is 4.77. The molecular weight excluding hydrogens is 250 g/mol. The van der Waals surface area contributed by atoms with Gasteiger partial charge in [-0.3, -0.25) is 4.79 Å². The molecule has 0 aliphatic carbocycles. The van der Waals surface area contributed by atoms with Gasteiger partial charge in [-0.1, -0.05) is 17.7 Å². The Morgan fingerprint density at radius 3 is 2.45 bits per heavy atom. The first kappa shape index (κ1) is 15.8. The molecule has 2 N–H and O–H groups in total. The molecule has 4 heteroatoms. The van der Waals surface area contributed by atoms with Crippen LogP contribution in [0, 0.1) is 25.2 Å². The molecule has 0 atom stereocenters. The van der Waals surface area contributed by atoms with E-state index in [1.165, 1.54) is 11.8 Å². The maximum atomic E-state index is 11.9. The van der Waals surface area contributed by atoms with Gasteiger partial charge in [0.15, 0.2) is 0 Å². The minimum atomic E-state index is -0.378. The van der Waals surface area contributed by atoms with Crippen molar-refractivity contribution in [3.05, 3.63) is 41.1 Å². The Morgan fingerprint density at radius 2 is 1.95 bits per heavy atom. The minimum absolute atomic E-state index is 0.0555. The number of carbonyl (C=O) groups excluding carboxylic acids is 1.